The van der Waals surface area contributed by atoms with Crippen LogP contribution in [0.5, 0.6) is 11.5 Å². The molecule has 1 aromatic heterocycles. The fraction of sp³-hybridized carbons (Fsp3) is 0. The predicted molar refractivity (Wildman–Crippen MR) is 159 cm³/mol. The maximum absolute atomic E-state index is 9.78. The largest absolute Gasteiger partial charge is 0.508 e. The second-order valence-corrected chi connectivity index (χ2v) is 9.27. The number of aromatic hydroxyl groups is 2. The maximum Gasteiger partial charge on any atom is 0.115 e. The van der Waals surface area contributed by atoms with Gasteiger partial charge in [0.1, 0.15) is 11.5 Å². The molecule has 0 aliphatic heterocycles. The van der Waals surface area contributed by atoms with Crippen LogP contribution in [0.25, 0.3) is 33.6 Å². The van der Waals surface area contributed by atoms with Gasteiger partial charge in [-0.25, -0.2) is 4.98 Å². The van der Waals surface area contributed by atoms with E-state index in [1.165, 1.54) is 0 Å². The molecular weight excluding hydrogens is 480 g/mol. The van der Waals surface area contributed by atoms with Crippen LogP contribution >= 0.6 is 0 Å². The summed E-state index contributed by atoms with van der Waals surface area (Å²) in [4.78, 5) is 7.15. The molecule has 6 rings (SSSR count). The lowest BCUT2D eigenvalue weighted by molar-refractivity contribution is 0.475. The van der Waals surface area contributed by atoms with Gasteiger partial charge in [0.25, 0.3) is 0 Å². The molecule has 188 valence electrons. The lowest BCUT2D eigenvalue weighted by Gasteiger charge is -2.25. The molecule has 0 radical (unpaired) electrons. The normalized spacial score (nSPS) is 10.8. The number of nitrogens with zero attached hydrogens (tertiary/aromatic N) is 2. The molecule has 5 aromatic carbocycles. The van der Waals surface area contributed by atoms with E-state index >= 15 is 0 Å². The van der Waals surface area contributed by atoms with Crippen molar-refractivity contribution < 1.29 is 10.2 Å². The summed E-state index contributed by atoms with van der Waals surface area (Å²) in [6.07, 6.45) is 0. The Morgan fingerprint density at radius 1 is 0.385 bits per heavy atom. The highest BCUT2D eigenvalue weighted by molar-refractivity contribution is 5.80. The minimum Gasteiger partial charge on any atom is -0.508 e. The first-order valence-corrected chi connectivity index (χ1v) is 12.8. The van der Waals surface area contributed by atoms with Crippen molar-refractivity contribution in [3.05, 3.63) is 146 Å². The van der Waals surface area contributed by atoms with E-state index in [0.29, 0.717) is 0 Å². The number of phenolic OH excluding ortho intramolecular Hbond substituents is 2. The fourth-order valence-electron chi connectivity index (χ4n) is 4.66. The topological polar surface area (TPSA) is 56.6 Å². The smallest absolute Gasteiger partial charge is 0.115 e. The fourth-order valence-corrected chi connectivity index (χ4v) is 4.66. The molecule has 2 N–H and O–H groups in total. The summed E-state index contributed by atoms with van der Waals surface area (Å²) in [6.45, 7) is 0. The number of aromatic nitrogens is 1. The lowest BCUT2D eigenvalue weighted by Crippen LogP contribution is -2.09. The molecule has 0 fully saturated rings. The van der Waals surface area contributed by atoms with Crippen LogP contribution in [0.1, 0.15) is 0 Å². The molecule has 0 saturated carbocycles. The number of pyridine rings is 1. The number of hydrogen-bond donors (Lipinski definition) is 2. The predicted octanol–water partition coefficient (Wildman–Crippen LogP) is 8.96. The van der Waals surface area contributed by atoms with Crippen LogP contribution in [0.3, 0.4) is 0 Å². The van der Waals surface area contributed by atoms with E-state index in [2.05, 4.69) is 65.6 Å². The Balaban J connectivity index is 1.43. The Bertz CT molecular complexity index is 1580. The second-order valence-electron chi connectivity index (χ2n) is 9.27. The second kappa shape index (κ2) is 10.6. The Morgan fingerprint density at radius 3 is 1.21 bits per heavy atom. The van der Waals surface area contributed by atoms with Crippen LogP contribution in [-0.2, 0) is 0 Å². The van der Waals surface area contributed by atoms with E-state index in [4.69, 9.17) is 4.98 Å². The van der Waals surface area contributed by atoms with Crippen LogP contribution in [0.15, 0.2) is 146 Å². The van der Waals surface area contributed by atoms with Crippen molar-refractivity contribution in [1.82, 2.24) is 4.98 Å². The zero-order chi connectivity index (χ0) is 26.6. The SMILES string of the molecule is Oc1ccc(-c2cc(-c3ccc(N(c4ccccc4)c4ccccc4)cc3)cc(-c3ccc(O)cc3)n2)cc1. The summed E-state index contributed by atoms with van der Waals surface area (Å²) >= 11 is 0. The molecule has 0 aliphatic carbocycles. The van der Waals surface area contributed by atoms with Crippen molar-refractivity contribution >= 4 is 17.1 Å². The van der Waals surface area contributed by atoms with Crippen molar-refractivity contribution in [2.75, 3.05) is 4.90 Å². The monoisotopic (exact) mass is 506 g/mol. The van der Waals surface area contributed by atoms with Gasteiger partial charge in [-0.15, -0.1) is 0 Å². The molecule has 0 bridgehead atoms. The molecule has 0 spiro atoms. The number of anilines is 3. The Kier molecular flexibility index (Phi) is 6.50. The molecule has 39 heavy (non-hydrogen) atoms. The quantitative estimate of drug-likeness (QED) is 0.237. The van der Waals surface area contributed by atoms with E-state index in [1.807, 2.05) is 60.7 Å². The number of hydrogen-bond acceptors (Lipinski definition) is 4. The first-order chi connectivity index (χ1) is 19.1. The van der Waals surface area contributed by atoms with E-state index < -0.39 is 0 Å². The summed E-state index contributed by atoms with van der Waals surface area (Å²) < 4.78 is 0. The Hall–Kier alpha value is -5.35. The van der Waals surface area contributed by atoms with Crippen LogP contribution in [0.2, 0.25) is 0 Å². The summed E-state index contributed by atoms with van der Waals surface area (Å²) in [5.41, 5.74) is 8.73. The standard InChI is InChI=1S/C35H26N2O2/c38-32-19-13-26(14-20-32)34-23-28(24-35(36-34)27-15-21-33(39)22-16-27)25-11-17-31(18-12-25)37(29-7-3-1-4-8-29)30-9-5-2-6-10-30/h1-24,38-39H. The molecule has 0 aliphatic rings. The van der Waals surface area contributed by atoms with Crippen molar-refractivity contribution in [1.29, 1.82) is 0 Å². The first kappa shape index (κ1) is 24.0. The third kappa shape index (κ3) is 5.22. The zero-order valence-corrected chi connectivity index (χ0v) is 21.1. The van der Waals surface area contributed by atoms with Crippen molar-refractivity contribution in [3.8, 4) is 45.1 Å². The number of benzene rings is 5. The molecule has 6 aromatic rings. The molecule has 1 heterocycles. The highest BCUT2D eigenvalue weighted by Crippen LogP contribution is 2.36. The van der Waals surface area contributed by atoms with Crippen LogP contribution < -0.4 is 4.90 Å². The Morgan fingerprint density at radius 2 is 0.769 bits per heavy atom. The third-order valence-electron chi connectivity index (χ3n) is 6.64. The third-order valence-corrected chi connectivity index (χ3v) is 6.64. The lowest BCUT2D eigenvalue weighted by atomic mass is 9.99. The van der Waals surface area contributed by atoms with Gasteiger partial charge in [-0.05, 0) is 108 Å². The van der Waals surface area contributed by atoms with E-state index in [9.17, 15) is 10.2 Å². The molecule has 4 heteroatoms. The van der Waals surface area contributed by atoms with Crippen LogP contribution in [-0.4, -0.2) is 15.2 Å². The zero-order valence-electron chi connectivity index (χ0n) is 21.1. The van der Waals surface area contributed by atoms with E-state index in [0.717, 1.165) is 50.7 Å². The van der Waals surface area contributed by atoms with Gasteiger partial charge in [0.05, 0.1) is 11.4 Å². The van der Waals surface area contributed by atoms with Gasteiger partial charge in [0, 0.05) is 28.2 Å². The minimum absolute atomic E-state index is 0.214. The van der Waals surface area contributed by atoms with Crippen LogP contribution in [0, 0.1) is 0 Å². The average Bonchev–Trinajstić information content (AvgIpc) is 2.99. The van der Waals surface area contributed by atoms with Gasteiger partial charge in [-0.3, -0.25) is 0 Å². The van der Waals surface area contributed by atoms with Gasteiger partial charge < -0.3 is 15.1 Å². The first-order valence-electron chi connectivity index (χ1n) is 12.8. The van der Waals surface area contributed by atoms with Crippen molar-refractivity contribution in [2.45, 2.75) is 0 Å². The van der Waals surface area contributed by atoms with E-state index in [-0.39, 0.29) is 11.5 Å². The highest BCUT2D eigenvalue weighted by atomic mass is 16.3. The van der Waals surface area contributed by atoms with Crippen molar-refractivity contribution in [2.24, 2.45) is 0 Å². The molecule has 4 nitrogen and oxygen atoms in total. The van der Waals surface area contributed by atoms with Crippen molar-refractivity contribution in [3.63, 3.8) is 0 Å². The average molecular weight is 507 g/mol. The summed E-state index contributed by atoms with van der Waals surface area (Å²) in [6, 6.07) is 47.5. The minimum atomic E-state index is 0.214. The van der Waals surface area contributed by atoms with Gasteiger partial charge in [0.2, 0.25) is 0 Å². The van der Waals surface area contributed by atoms with Gasteiger partial charge in [-0.2, -0.15) is 0 Å². The molecule has 0 atom stereocenters. The maximum atomic E-state index is 9.78. The van der Waals surface area contributed by atoms with Gasteiger partial charge >= 0.3 is 0 Å². The molecule has 0 unspecified atom stereocenters. The van der Waals surface area contributed by atoms with Gasteiger partial charge in [-0.1, -0.05) is 48.5 Å². The number of para-hydroxylation sites is 2. The summed E-state index contributed by atoms with van der Waals surface area (Å²) in [7, 11) is 0. The molecule has 0 saturated heterocycles. The van der Waals surface area contributed by atoms with E-state index in [1.54, 1.807) is 24.3 Å². The summed E-state index contributed by atoms with van der Waals surface area (Å²) in [5, 5.41) is 19.6. The molecule has 0 amide bonds. The molecular formula is C35H26N2O2. The number of phenols is 2. The van der Waals surface area contributed by atoms with Crippen LogP contribution in [0.4, 0.5) is 17.1 Å². The summed E-state index contributed by atoms with van der Waals surface area (Å²) in [5.74, 6) is 0.427. The highest BCUT2D eigenvalue weighted by Gasteiger charge is 2.13. The number of rotatable bonds is 6. The van der Waals surface area contributed by atoms with Gasteiger partial charge in [0.15, 0.2) is 0 Å². The Labute approximate surface area is 227 Å².